The Morgan fingerprint density at radius 1 is 0.346 bits per heavy atom. The van der Waals surface area contributed by atoms with E-state index in [9.17, 15) is 0 Å². The molecule has 0 N–H and O–H groups in total. The van der Waals surface area contributed by atoms with Crippen molar-refractivity contribution >= 4 is 94.1 Å². The molecule has 0 saturated heterocycles. The second-order valence-corrected chi connectivity index (χ2v) is 14.7. The van der Waals surface area contributed by atoms with Gasteiger partial charge in [0.25, 0.3) is 0 Å². The molecule has 0 aromatic heterocycles. The van der Waals surface area contributed by atoms with Gasteiger partial charge in [-0.25, -0.2) is 0 Å². The largest absolute Gasteiger partial charge is 0.480 e. The van der Waals surface area contributed by atoms with Gasteiger partial charge in [0.2, 0.25) is 20.4 Å². The third-order valence-electron chi connectivity index (χ3n) is 3.42. The highest BCUT2D eigenvalue weighted by molar-refractivity contribution is 8.49. The van der Waals surface area contributed by atoms with Crippen molar-refractivity contribution in [3.63, 3.8) is 0 Å². The van der Waals surface area contributed by atoms with Crippen LogP contribution in [-0.2, 0) is 18.9 Å². The van der Waals surface area contributed by atoms with Gasteiger partial charge < -0.3 is 18.9 Å². The van der Waals surface area contributed by atoms with Crippen LogP contribution in [-0.4, -0.2) is 26.4 Å². The summed E-state index contributed by atoms with van der Waals surface area (Å²) in [7, 11) is 0. The number of hydrogen-bond acceptors (Lipinski definition) is 12. The summed E-state index contributed by atoms with van der Waals surface area (Å²) >= 11 is 14.3. The molecule has 0 saturated carbocycles. The smallest absolute Gasteiger partial charge is 0.208 e. The van der Waals surface area contributed by atoms with Crippen LogP contribution in [0.3, 0.4) is 0 Å². The van der Waals surface area contributed by atoms with Gasteiger partial charge in [0.1, 0.15) is 26.4 Å². The Bertz CT molecular complexity index is 740. The van der Waals surface area contributed by atoms with Gasteiger partial charge >= 0.3 is 0 Å². The molecular weight excluding hydrogens is 489 g/mol. The van der Waals surface area contributed by atoms with Crippen LogP contribution in [0.4, 0.5) is 0 Å². The fourth-order valence-corrected chi connectivity index (χ4v) is 13.9. The molecule has 0 amide bonds. The second-order valence-electron chi connectivity index (χ2n) is 5.08. The van der Waals surface area contributed by atoms with Crippen LogP contribution in [0.25, 0.3) is 0 Å². The highest BCUT2D eigenvalue weighted by Crippen LogP contribution is 2.72. The molecule has 136 valence electrons. The van der Waals surface area contributed by atoms with Gasteiger partial charge in [-0.05, 0) is 47.0 Å². The predicted molar refractivity (Wildman–Crippen MR) is 120 cm³/mol. The van der Waals surface area contributed by atoms with Crippen LogP contribution in [0.5, 0.6) is 0 Å². The maximum atomic E-state index is 5.70. The molecule has 12 heteroatoms. The molecule has 0 atom stereocenters. The average molecular weight is 497 g/mol. The Hall–Kier alpha value is 0.700. The maximum absolute atomic E-state index is 5.70. The molecule has 6 heterocycles. The molecule has 0 aromatic carbocycles. The van der Waals surface area contributed by atoms with E-state index in [-0.39, 0.29) is 0 Å². The topological polar surface area (TPSA) is 36.9 Å². The molecule has 0 radical (unpaired) electrons. The van der Waals surface area contributed by atoms with Crippen LogP contribution in [0.2, 0.25) is 0 Å². The second kappa shape index (κ2) is 7.19. The van der Waals surface area contributed by atoms with Crippen molar-refractivity contribution in [3.05, 3.63) is 45.8 Å². The van der Waals surface area contributed by atoms with Crippen LogP contribution in [0.1, 0.15) is 0 Å². The third kappa shape index (κ3) is 3.12. The Labute approximate surface area is 183 Å². The van der Waals surface area contributed by atoms with Crippen molar-refractivity contribution in [2.24, 2.45) is 0 Å². The van der Waals surface area contributed by atoms with Gasteiger partial charge in [-0.3, -0.25) is 0 Å². The van der Waals surface area contributed by atoms with Gasteiger partial charge in [0.05, 0.1) is 25.4 Å². The van der Waals surface area contributed by atoms with Crippen LogP contribution in [0, 0.1) is 0 Å². The van der Waals surface area contributed by atoms with E-state index in [1.807, 2.05) is 47.0 Å². The summed E-state index contributed by atoms with van der Waals surface area (Å²) in [5, 5.41) is 3.71. The molecule has 6 aliphatic heterocycles. The summed E-state index contributed by atoms with van der Waals surface area (Å²) in [5.74, 6) is 0. The van der Waals surface area contributed by atoms with Gasteiger partial charge in [0.15, 0.2) is 0 Å². The molecule has 0 fully saturated rings. The van der Waals surface area contributed by atoms with Gasteiger partial charge in [-0.2, -0.15) is 0 Å². The zero-order valence-electron chi connectivity index (χ0n) is 12.7. The Morgan fingerprint density at radius 2 is 0.577 bits per heavy atom. The fraction of sp³-hybridized carbons (Fsp3) is 0.286. The first kappa shape index (κ1) is 17.5. The van der Waals surface area contributed by atoms with Gasteiger partial charge in [0, 0.05) is 0 Å². The van der Waals surface area contributed by atoms with E-state index in [1.165, 1.54) is 25.4 Å². The van der Waals surface area contributed by atoms with E-state index in [1.54, 1.807) is 47.0 Å². The van der Waals surface area contributed by atoms with Crippen LogP contribution >= 0.6 is 94.1 Å². The van der Waals surface area contributed by atoms with E-state index in [0.717, 1.165) is 20.4 Å². The van der Waals surface area contributed by atoms with Crippen LogP contribution < -0.4 is 0 Å². The molecule has 4 nitrogen and oxygen atoms in total. The molecule has 0 aliphatic carbocycles. The number of ether oxygens (including phenoxy) is 4. The Balaban J connectivity index is 1.15. The van der Waals surface area contributed by atoms with E-state index < -0.39 is 0 Å². The fourth-order valence-electron chi connectivity index (χ4n) is 2.36. The molecule has 0 aromatic rings. The Kier molecular flexibility index (Phi) is 4.85. The lowest BCUT2D eigenvalue weighted by molar-refractivity contribution is 0.0949. The zero-order valence-corrected chi connectivity index (χ0v) is 19.3. The van der Waals surface area contributed by atoms with Crippen molar-refractivity contribution in [1.29, 1.82) is 0 Å². The molecule has 0 spiro atoms. The minimum Gasteiger partial charge on any atom is -0.480 e. The standard InChI is InChI=1S/C14H8O4S8/c1-2-16-6-5(15-1)19-9(20-6)11-23-13-14(24-11)26-12(25-13)10-21-7-8(22-10)18-4-3-17-7/h1-4H2. The quantitative estimate of drug-likeness (QED) is 0.361. The predicted octanol–water partition coefficient (Wildman–Crippen LogP) is 6.63. The first-order chi connectivity index (χ1) is 12.8. The van der Waals surface area contributed by atoms with E-state index in [4.69, 9.17) is 18.9 Å². The zero-order chi connectivity index (χ0) is 17.1. The number of rotatable bonds is 0. The average Bonchev–Trinajstić information content (AvgIpc) is 3.40. The number of thioether (sulfide) groups is 8. The summed E-state index contributed by atoms with van der Waals surface area (Å²) < 4.78 is 30.8. The third-order valence-corrected chi connectivity index (χ3v) is 14.9. The molecule has 26 heavy (non-hydrogen) atoms. The minimum atomic E-state index is 0.646. The molecule has 6 rings (SSSR count). The lowest BCUT2D eigenvalue weighted by atomic mass is 10.7. The first-order valence-corrected chi connectivity index (χ1v) is 14.0. The van der Waals surface area contributed by atoms with Crippen molar-refractivity contribution in [2.45, 2.75) is 0 Å². The highest BCUT2D eigenvalue weighted by Gasteiger charge is 2.39. The lowest BCUT2D eigenvalue weighted by Gasteiger charge is -2.13. The highest BCUT2D eigenvalue weighted by atomic mass is 32.3. The van der Waals surface area contributed by atoms with E-state index in [0.29, 0.717) is 26.4 Å². The Morgan fingerprint density at radius 3 is 0.846 bits per heavy atom. The summed E-state index contributed by atoms with van der Waals surface area (Å²) in [4.78, 5) is 0. The van der Waals surface area contributed by atoms with Gasteiger partial charge in [-0.15, -0.1) is 0 Å². The maximum Gasteiger partial charge on any atom is 0.208 e. The minimum absolute atomic E-state index is 0.646. The molecule has 0 bridgehead atoms. The molecule has 6 aliphatic rings. The summed E-state index contributed by atoms with van der Waals surface area (Å²) in [6, 6.07) is 0. The van der Waals surface area contributed by atoms with E-state index >= 15 is 0 Å². The van der Waals surface area contributed by atoms with Crippen molar-refractivity contribution in [1.82, 2.24) is 0 Å². The summed E-state index contributed by atoms with van der Waals surface area (Å²) in [6.45, 7) is 2.59. The van der Waals surface area contributed by atoms with Crippen molar-refractivity contribution in [2.75, 3.05) is 26.4 Å². The normalized spacial score (nSPS) is 27.4. The first-order valence-electron chi connectivity index (χ1n) is 7.49. The van der Waals surface area contributed by atoms with Gasteiger partial charge in [-0.1, -0.05) is 47.0 Å². The SMILES string of the molecule is C1COC2=C(O1)SC(=C1SC3=C(S1)SC(=C1SC4=C(OCCO4)S1)S3)S2. The monoisotopic (exact) mass is 496 g/mol. The summed E-state index contributed by atoms with van der Waals surface area (Å²) in [6.07, 6.45) is 0. The van der Waals surface area contributed by atoms with Crippen molar-refractivity contribution < 1.29 is 18.9 Å². The molecule has 0 unspecified atom stereocenters. The molecular formula is C14H8O4S8. The van der Waals surface area contributed by atoms with Crippen LogP contribution in [0.15, 0.2) is 45.8 Å². The number of hydrogen-bond donors (Lipinski definition) is 0. The van der Waals surface area contributed by atoms with E-state index in [2.05, 4.69) is 0 Å². The summed E-state index contributed by atoms with van der Waals surface area (Å²) in [5.41, 5.74) is 0. The lowest BCUT2D eigenvalue weighted by Crippen LogP contribution is -2.08. The van der Waals surface area contributed by atoms with Crippen molar-refractivity contribution in [3.8, 4) is 0 Å².